The molecule has 2 N–H and O–H groups in total. The van der Waals surface area contributed by atoms with E-state index in [2.05, 4.69) is 26.5 Å². The summed E-state index contributed by atoms with van der Waals surface area (Å²) < 4.78 is 5.76. The molecule has 5 heteroatoms. The number of anilines is 1. The minimum absolute atomic E-state index is 0.0857. The van der Waals surface area contributed by atoms with Crippen LogP contribution in [0.5, 0.6) is 11.5 Å². The summed E-state index contributed by atoms with van der Waals surface area (Å²) in [4.78, 5) is 0. The van der Waals surface area contributed by atoms with Crippen LogP contribution < -0.4 is 10.2 Å². The zero-order valence-corrected chi connectivity index (χ0v) is 11.9. The molecule has 0 aliphatic carbocycles. The van der Waals surface area contributed by atoms with Crippen LogP contribution in [0, 0.1) is 0 Å². The zero-order valence-electron chi connectivity index (χ0n) is 10.3. The summed E-state index contributed by atoms with van der Waals surface area (Å²) >= 11 is 3.37. The summed E-state index contributed by atoms with van der Waals surface area (Å²) in [5, 5.41) is 13.7. The second-order valence-electron chi connectivity index (χ2n) is 3.76. The molecule has 0 heterocycles. The van der Waals surface area contributed by atoms with Gasteiger partial charge in [-0.15, -0.1) is 0 Å². The van der Waals surface area contributed by atoms with Crippen LogP contribution in [-0.4, -0.2) is 18.4 Å². The number of hydrogen-bond donors (Lipinski definition) is 2. The fraction of sp³-hybridized carbons (Fsp3) is 0.0714. The van der Waals surface area contributed by atoms with Crippen molar-refractivity contribution in [3.8, 4) is 11.5 Å². The average molecular weight is 321 g/mol. The van der Waals surface area contributed by atoms with E-state index < -0.39 is 0 Å². The second-order valence-corrected chi connectivity index (χ2v) is 4.55. The highest BCUT2D eigenvalue weighted by atomic mass is 79.9. The lowest BCUT2D eigenvalue weighted by Gasteiger charge is -2.07. The first-order valence-corrected chi connectivity index (χ1v) is 6.41. The Labute approximate surface area is 119 Å². The zero-order chi connectivity index (χ0) is 13.7. The Morgan fingerprint density at radius 1 is 1.21 bits per heavy atom. The Balaban J connectivity index is 2.15. The van der Waals surface area contributed by atoms with Gasteiger partial charge in [-0.25, -0.2) is 0 Å². The van der Waals surface area contributed by atoms with E-state index in [4.69, 9.17) is 4.74 Å². The molecular weight excluding hydrogens is 308 g/mol. The van der Waals surface area contributed by atoms with Crippen molar-refractivity contribution in [1.29, 1.82) is 0 Å². The van der Waals surface area contributed by atoms with E-state index >= 15 is 0 Å². The summed E-state index contributed by atoms with van der Waals surface area (Å²) in [5.74, 6) is 0.478. The topological polar surface area (TPSA) is 53.9 Å². The Morgan fingerprint density at radius 2 is 1.95 bits per heavy atom. The maximum atomic E-state index is 9.60. The standard InChI is InChI=1S/C14H13BrN2O2/c1-19-14-12(18)8-7-10(13(14)15)9-16-17-11-5-3-2-4-6-11/h2-9,17-18H,1H3. The molecule has 0 spiro atoms. The first-order valence-electron chi connectivity index (χ1n) is 5.62. The maximum absolute atomic E-state index is 9.60. The molecule has 0 aromatic heterocycles. The molecule has 2 aromatic rings. The third-order valence-corrected chi connectivity index (χ3v) is 3.30. The number of hydrazone groups is 1. The maximum Gasteiger partial charge on any atom is 0.175 e. The summed E-state index contributed by atoms with van der Waals surface area (Å²) in [6.07, 6.45) is 1.65. The van der Waals surface area contributed by atoms with Crippen molar-refractivity contribution in [3.63, 3.8) is 0 Å². The quantitative estimate of drug-likeness (QED) is 0.668. The van der Waals surface area contributed by atoms with Crippen molar-refractivity contribution in [2.75, 3.05) is 12.5 Å². The fourth-order valence-corrected chi connectivity index (χ4v) is 2.14. The normalized spacial score (nSPS) is 10.6. The smallest absolute Gasteiger partial charge is 0.175 e. The first-order chi connectivity index (χ1) is 9.22. The predicted octanol–water partition coefficient (Wildman–Crippen LogP) is 3.61. The van der Waals surface area contributed by atoms with Crippen molar-refractivity contribution in [3.05, 3.63) is 52.5 Å². The van der Waals surface area contributed by atoms with Gasteiger partial charge in [0.1, 0.15) is 0 Å². The number of para-hydroxylation sites is 1. The third-order valence-electron chi connectivity index (χ3n) is 2.48. The van der Waals surface area contributed by atoms with E-state index in [9.17, 15) is 5.11 Å². The molecule has 0 atom stereocenters. The molecular formula is C14H13BrN2O2. The van der Waals surface area contributed by atoms with E-state index in [-0.39, 0.29) is 5.75 Å². The van der Waals surface area contributed by atoms with Gasteiger partial charge in [-0.3, -0.25) is 5.43 Å². The number of nitrogens with one attached hydrogen (secondary N) is 1. The number of phenolic OH excluding ortho intramolecular Hbond substituents is 1. The van der Waals surface area contributed by atoms with E-state index in [1.165, 1.54) is 7.11 Å². The SMILES string of the molecule is COc1c(O)ccc(C=NNc2ccccc2)c1Br. The highest BCUT2D eigenvalue weighted by molar-refractivity contribution is 9.10. The molecule has 0 aliphatic heterocycles. The number of hydrogen-bond acceptors (Lipinski definition) is 4. The number of ether oxygens (including phenoxy) is 1. The van der Waals surface area contributed by atoms with Crippen LogP contribution in [0.25, 0.3) is 0 Å². The molecule has 0 amide bonds. The molecule has 0 bridgehead atoms. The van der Waals surface area contributed by atoms with Gasteiger partial charge in [-0.05, 0) is 40.2 Å². The van der Waals surface area contributed by atoms with E-state index in [0.717, 1.165) is 11.3 Å². The molecule has 19 heavy (non-hydrogen) atoms. The number of rotatable bonds is 4. The lowest BCUT2D eigenvalue weighted by Crippen LogP contribution is -1.93. The molecule has 2 aromatic carbocycles. The van der Waals surface area contributed by atoms with Crippen LogP contribution >= 0.6 is 15.9 Å². The monoisotopic (exact) mass is 320 g/mol. The first kappa shape index (κ1) is 13.4. The van der Waals surface area contributed by atoms with Crippen molar-refractivity contribution >= 4 is 27.8 Å². The number of halogens is 1. The van der Waals surface area contributed by atoms with Gasteiger partial charge in [0.2, 0.25) is 0 Å². The van der Waals surface area contributed by atoms with Crippen molar-refractivity contribution < 1.29 is 9.84 Å². The predicted molar refractivity (Wildman–Crippen MR) is 80.0 cm³/mol. The highest BCUT2D eigenvalue weighted by Gasteiger charge is 2.09. The van der Waals surface area contributed by atoms with Crippen molar-refractivity contribution in [2.45, 2.75) is 0 Å². The molecule has 0 radical (unpaired) electrons. The molecule has 0 unspecified atom stereocenters. The van der Waals surface area contributed by atoms with Gasteiger partial charge in [0.05, 0.1) is 23.5 Å². The third kappa shape index (κ3) is 3.26. The minimum Gasteiger partial charge on any atom is -0.504 e. The second kappa shape index (κ2) is 6.24. The number of nitrogens with zero attached hydrogens (tertiary/aromatic N) is 1. The Morgan fingerprint density at radius 3 is 2.63 bits per heavy atom. The van der Waals surface area contributed by atoms with Crippen molar-refractivity contribution in [1.82, 2.24) is 0 Å². The highest BCUT2D eigenvalue weighted by Crippen LogP contribution is 2.36. The molecule has 2 rings (SSSR count). The van der Waals surface area contributed by atoms with Gasteiger partial charge >= 0.3 is 0 Å². The molecule has 98 valence electrons. The number of aromatic hydroxyl groups is 1. The van der Waals surface area contributed by atoms with Crippen molar-refractivity contribution in [2.24, 2.45) is 5.10 Å². The van der Waals surface area contributed by atoms with E-state index in [0.29, 0.717) is 10.2 Å². The van der Waals surface area contributed by atoms with Crippen LogP contribution in [-0.2, 0) is 0 Å². The molecule has 4 nitrogen and oxygen atoms in total. The van der Waals surface area contributed by atoms with Gasteiger partial charge in [0.25, 0.3) is 0 Å². The minimum atomic E-state index is 0.0857. The van der Waals surface area contributed by atoms with Gasteiger partial charge in [0, 0.05) is 5.56 Å². The van der Waals surface area contributed by atoms with Crippen LogP contribution in [0.15, 0.2) is 52.0 Å². The fourth-order valence-electron chi connectivity index (χ4n) is 1.54. The summed E-state index contributed by atoms with van der Waals surface area (Å²) in [7, 11) is 1.50. The van der Waals surface area contributed by atoms with Gasteiger partial charge in [0.15, 0.2) is 11.5 Å². The number of phenols is 1. The van der Waals surface area contributed by atoms with E-state index in [1.54, 1.807) is 18.3 Å². The Bertz CT molecular complexity index is 585. The lowest BCUT2D eigenvalue weighted by molar-refractivity contribution is 0.371. The lowest BCUT2D eigenvalue weighted by atomic mass is 10.2. The molecule has 0 fully saturated rings. The van der Waals surface area contributed by atoms with Gasteiger partial charge < -0.3 is 9.84 Å². The summed E-state index contributed by atoms with van der Waals surface area (Å²) in [5.41, 5.74) is 4.62. The van der Waals surface area contributed by atoms with Crippen LogP contribution in [0.4, 0.5) is 5.69 Å². The number of benzene rings is 2. The number of methoxy groups -OCH3 is 1. The van der Waals surface area contributed by atoms with Crippen LogP contribution in [0.2, 0.25) is 0 Å². The Hall–Kier alpha value is -2.01. The summed E-state index contributed by atoms with van der Waals surface area (Å²) in [6, 6.07) is 12.9. The molecule has 0 saturated carbocycles. The van der Waals surface area contributed by atoms with Crippen LogP contribution in [0.3, 0.4) is 0 Å². The largest absolute Gasteiger partial charge is 0.504 e. The van der Waals surface area contributed by atoms with E-state index in [1.807, 2.05) is 30.3 Å². The summed E-state index contributed by atoms with van der Waals surface area (Å²) in [6.45, 7) is 0. The van der Waals surface area contributed by atoms with Gasteiger partial charge in [-0.2, -0.15) is 5.10 Å². The molecule has 0 aliphatic rings. The van der Waals surface area contributed by atoms with Gasteiger partial charge in [-0.1, -0.05) is 18.2 Å². The molecule has 0 saturated heterocycles. The average Bonchev–Trinajstić information content (AvgIpc) is 2.43. The van der Waals surface area contributed by atoms with Crippen LogP contribution in [0.1, 0.15) is 5.56 Å². The Kier molecular flexibility index (Phi) is 4.41.